The van der Waals surface area contributed by atoms with Gasteiger partial charge in [0, 0.05) is 13.2 Å². The molecule has 0 aliphatic heterocycles. The number of rotatable bonds is 7. The van der Waals surface area contributed by atoms with Crippen LogP contribution in [0.5, 0.6) is 0 Å². The van der Waals surface area contributed by atoms with Crippen molar-refractivity contribution in [3.63, 3.8) is 0 Å². The highest BCUT2D eigenvalue weighted by Gasteiger charge is 2.06. The number of hydrogen-bond acceptors (Lipinski definition) is 1. The highest BCUT2D eigenvalue weighted by molar-refractivity contribution is 5.73. The third kappa shape index (κ3) is 4.41. The van der Waals surface area contributed by atoms with Crippen LogP contribution in [0.15, 0.2) is 49.2 Å². The van der Waals surface area contributed by atoms with Gasteiger partial charge in [0.1, 0.15) is 0 Å². The number of aryl methyl sites for hydroxylation is 2. The summed E-state index contributed by atoms with van der Waals surface area (Å²) < 4.78 is 0. The van der Waals surface area contributed by atoms with Gasteiger partial charge < -0.3 is 5.32 Å². The Morgan fingerprint density at radius 3 is 2.60 bits per heavy atom. The van der Waals surface area contributed by atoms with Crippen LogP contribution < -0.4 is 5.32 Å². The van der Waals surface area contributed by atoms with Gasteiger partial charge in [0.2, 0.25) is 0 Å². The Morgan fingerprint density at radius 2 is 2.10 bits per heavy atom. The second-order valence-electron chi connectivity index (χ2n) is 5.52. The second-order valence-corrected chi connectivity index (χ2v) is 5.52. The fourth-order valence-electron chi connectivity index (χ4n) is 2.19. The summed E-state index contributed by atoms with van der Waals surface area (Å²) in [7, 11) is 1.91. The zero-order valence-electron chi connectivity index (χ0n) is 13.3. The van der Waals surface area contributed by atoms with E-state index in [0.29, 0.717) is 5.92 Å². The molecule has 0 bridgehead atoms. The molecule has 0 amide bonds. The van der Waals surface area contributed by atoms with E-state index in [1.165, 1.54) is 22.3 Å². The van der Waals surface area contributed by atoms with Gasteiger partial charge in [-0.2, -0.15) is 0 Å². The van der Waals surface area contributed by atoms with E-state index in [1.807, 2.05) is 19.3 Å². The summed E-state index contributed by atoms with van der Waals surface area (Å²) in [6, 6.07) is 6.66. The molecule has 108 valence electrons. The lowest BCUT2D eigenvalue weighted by Crippen LogP contribution is -2.00. The van der Waals surface area contributed by atoms with Crippen LogP contribution in [0.1, 0.15) is 37.0 Å². The van der Waals surface area contributed by atoms with Gasteiger partial charge in [0.05, 0.1) is 0 Å². The second kappa shape index (κ2) is 7.74. The van der Waals surface area contributed by atoms with E-state index in [9.17, 15) is 0 Å². The molecule has 0 saturated carbocycles. The van der Waals surface area contributed by atoms with Gasteiger partial charge in [-0.15, -0.1) is 0 Å². The van der Waals surface area contributed by atoms with Crippen molar-refractivity contribution in [2.75, 3.05) is 7.05 Å². The number of nitrogens with one attached hydrogen (secondary N) is 1. The molecule has 0 fully saturated rings. The van der Waals surface area contributed by atoms with Gasteiger partial charge in [-0.1, -0.05) is 49.9 Å². The molecule has 1 rings (SSSR count). The predicted octanol–water partition coefficient (Wildman–Crippen LogP) is 4.89. The highest BCUT2D eigenvalue weighted by atomic mass is 14.8. The number of benzene rings is 1. The first-order valence-corrected chi connectivity index (χ1v) is 7.24. The number of allylic oxidation sites excluding steroid dienone is 3. The van der Waals surface area contributed by atoms with Crippen LogP contribution in [-0.2, 0) is 6.42 Å². The fraction of sp³-hybridized carbons (Fsp3) is 0.368. The Labute approximate surface area is 124 Å². The van der Waals surface area contributed by atoms with Crippen LogP contribution >= 0.6 is 0 Å². The van der Waals surface area contributed by atoms with Crippen molar-refractivity contribution < 1.29 is 0 Å². The maximum absolute atomic E-state index is 4.03. The van der Waals surface area contributed by atoms with Gasteiger partial charge >= 0.3 is 0 Å². The molecule has 1 aromatic rings. The first kappa shape index (κ1) is 16.3. The van der Waals surface area contributed by atoms with Crippen LogP contribution in [0.2, 0.25) is 0 Å². The smallest absolute Gasteiger partial charge is 0.00410 e. The Hall–Kier alpha value is -1.76. The molecule has 1 aromatic carbocycles. The zero-order chi connectivity index (χ0) is 15.1. The van der Waals surface area contributed by atoms with E-state index in [1.54, 1.807) is 0 Å². The summed E-state index contributed by atoms with van der Waals surface area (Å²) in [5.41, 5.74) is 6.38. The monoisotopic (exact) mass is 269 g/mol. The Morgan fingerprint density at radius 1 is 1.40 bits per heavy atom. The highest BCUT2D eigenvalue weighted by Crippen LogP contribution is 2.22. The molecule has 0 aromatic heterocycles. The maximum Gasteiger partial charge on any atom is 0.00410 e. The van der Waals surface area contributed by atoms with Crippen LogP contribution in [0.3, 0.4) is 0 Å². The molecule has 0 radical (unpaired) electrons. The summed E-state index contributed by atoms with van der Waals surface area (Å²) in [5, 5.41) is 3.06. The van der Waals surface area contributed by atoms with Crippen LogP contribution in [0.25, 0.3) is 5.57 Å². The molecule has 1 nitrogen and oxygen atoms in total. The minimum atomic E-state index is 0.585. The van der Waals surface area contributed by atoms with E-state index in [4.69, 9.17) is 0 Å². The summed E-state index contributed by atoms with van der Waals surface area (Å²) in [6.07, 6.45) is 6.13. The van der Waals surface area contributed by atoms with Gasteiger partial charge in [-0.05, 0) is 54.9 Å². The Kier molecular flexibility index (Phi) is 6.30. The molecule has 20 heavy (non-hydrogen) atoms. The lowest BCUT2D eigenvalue weighted by Gasteiger charge is -2.13. The van der Waals surface area contributed by atoms with E-state index in [2.05, 4.69) is 57.4 Å². The summed E-state index contributed by atoms with van der Waals surface area (Å²) in [5.74, 6) is 0.585. The van der Waals surface area contributed by atoms with Crippen LogP contribution in [0, 0.1) is 12.8 Å². The molecule has 1 N–H and O–H groups in total. The van der Waals surface area contributed by atoms with Crippen molar-refractivity contribution in [1.82, 2.24) is 5.32 Å². The average molecular weight is 269 g/mol. The van der Waals surface area contributed by atoms with Gasteiger partial charge in [0.15, 0.2) is 0 Å². The van der Waals surface area contributed by atoms with Gasteiger partial charge in [-0.3, -0.25) is 0 Å². The molecular weight excluding hydrogens is 242 g/mol. The molecule has 0 aliphatic rings. The van der Waals surface area contributed by atoms with E-state index in [0.717, 1.165) is 18.4 Å². The Balaban J connectivity index is 2.85. The van der Waals surface area contributed by atoms with Crippen molar-refractivity contribution in [3.8, 4) is 0 Å². The molecule has 0 heterocycles. The third-order valence-electron chi connectivity index (χ3n) is 3.88. The molecular formula is C19H27N. The van der Waals surface area contributed by atoms with E-state index < -0.39 is 0 Å². The lowest BCUT2D eigenvalue weighted by atomic mass is 9.92. The van der Waals surface area contributed by atoms with Gasteiger partial charge in [-0.25, -0.2) is 0 Å². The summed E-state index contributed by atoms with van der Waals surface area (Å²) >= 11 is 0. The fourth-order valence-corrected chi connectivity index (χ4v) is 2.19. The van der Waals surface area contributed by atoms with Gasteiger partial charge in [0.25, 0.3) is 0 Å². The van der Waals surface area contributed by atoms with Crippen molar-refractivity contribution >= 4 is 5.57 Å². The molecule has 1 heteroatoms. The van der Waals surface area contributed by atoms with E-state index in [-0.39, 0.29) is 0 Å². The maximum atomic E-state index is 4.03. The standard InChI is InChI=1S/C19H27N/c1-7-17(13-20-6)19-11-10-18(16(5)12-19)9-8-15(4)14(2)3/h7,10-13,15,20H,1-2,8-9H2,3-6H3/b17-13+. The van der Waals surface area contributed by atoms with E-state index >= 15 is 0 Å². The quantitative estimate of drug-likeness (QED) is 0.549. The zero-order valence-corrected chi connectivity index (χ0v) is 13.3. The van der Waals surface area contributed by atoms with Crippen molar-refractivity contribution in [3.05, 3.63) is 65.9 Å². The topological polar surface area (TPSA) is 12.0 Å². The molecule has 0 aliphatic carbocycles. The first-order valence-electron chi connectivity index (χ1n) is 7.24. The Bertz CT molecular complexity index is 508. The molecule has 1 atom stereocenters. The minimum absolute atomic E-state index is 0.585. The van der Waals surface area contributed by atoms with Crippen LogP contribution in [0.4, 0.5) is 0 Å². The lowest BCUT2D eigenvalue weighted by molar-refractivity contribution is 0.614. The SMILES string of the molecule is C=C/C(=C\NC)c1ccc(CCC(C)C(=C)C)c(C)c1. The van der Waals surface area contributed by atoms with Crippen LogP contribution in [-0.4, -0.2) is 7.05 Å². The number of hydrogen-bond donors (Lipinski definition) is 1. The summed E-state index contributed by atoms with van der Waals surface area (Å²) in [4.78, 5) is 0. The minimum Gasteiger partial charge on any atom is -0.393 e. The first-order chi connectivity index (χ1) is 9.49. The molecule has 0 saturated heterocycles. The molecule has 0 spiro atoms. The average Bonchev–Trinajstić information content (AvgIpc) is 2.42. The van der Waals surface area contributed by atoms with Crippen molar-refractivity contribution in [2.24, 2.45) is 5.92 Å². The summed E-state index contributed by atoms with van der Waals surface area (Å²) in [6.45, 7) is 14.4. The predicted molar refractivity (Wildman–Crippen MR) is 90.7 cm³/mol. The largest absolute Gasteiger partial charge is 0.393 e. The third-order valence-corrected chi connectivity index (χ3v) is 3.88. The normalized spacial score (nSPS) is 12.9. The molecule has 1 unspecified atom stereocenters. The van der Waals surface area contributed by atoms with Crippen molar-refractivity contribution in [2.45, 2.75) is 33.6 Å². The van der Waals surface area contributed by atoms with Crippen molar-refractivity contribution in [1.29, 1.82) is 0 Å².